The minimum Gasteiger partial charge on any atom is -0.368 e. The molecule has 20 heavy (non-hydrogen) atoms. The second-order valence-electron chi connectivity index (χ2n) is 6.49. The molecule has 0 saturated carbocycles. The summed E-state index contributed by atoms with van der Waals surface area (Å²) in [7, 11) is 0. The zero-order chi connectivity index (χ0) is 14.8. The summed E-state index contributed by atoms with van der Waals surface area (Å²) in [5, 5.41) is 0. The molecule has 1 aromatic rings. The Balaban J connectivity index is 2.13. The molecule has 0 unspecified atom stereocenters. The van der Waals surface area contributed by atoms with E-state index in [0.29, 0.717) is 6.42 Å². The number of para-hydroxylation sites is 1. The molecule has 0 spiro atoms. The molecule has 3 nitrogen and oxygen atoms in total. The summed E-state index contributed by atoms with van der Waals surface area (Å²) < 4.78 is 0. The first-order chi connectivity index (χ1) is 9.43. The lowest BCUT2D eigenvalue weighted by Gasteiger charge is -2.38. The van der Waals surface area contributed by atoms with Crippen molar-refractivity contribution in [1.82, 2.24) is 4.90 Å². The van der Waals surface area contributed by atoms with E-state index >= 15 is 0 Å². The Morgan fingerprint density at radius 3 is 2.25 bits per heavy atom. The van der Waals surface area contributed by atoms with Gasteiger partial charge in [-0.3, -0.25) is 4.79 Å². The van der Waals surface area contributed by atoms with Gasteiger partial charge in [0.05, 0.1) is 0 Å². The molecule has 0 aromatic heterocycles. The van der Waals surface area contributed by atoms with Crippen LogP contribution in [0.3, 0.4) is 0 Å². The first kappa shape index (κ1) is 14.9. The highest BCUT2D eigenvalue weighted by Gasteiger charge is 2.24. The van der Waals surface area contributed by atoms with E-state index in [1.165, 1.54) is 11.3 Å². The van der Waals surface area contributed by atoms with Crippen LogP contribution in [0.5, 0.6) is 0 Å². The van der Waals surface area contributed by atoms with E-state index in [-0.39, 0.29) is 11.3 Å². The van der Waals surface area contributed by atoms with Gasteiger partial charge in [0.1, 0.15) is 0 Å². The summed E-state index contributed by atoms with van der Waals surface area (Å²) in [6.45, 7) is 12.2. The van der Waals surface area contributed by atoms with Crippen molar-refractivity contribution >= 4 is 11.6 Å². The third-order valence-electron chi connectivity index (χ3n) is 3.99. The van der Waals surface area contributed by atoms with Gasteiger partial charge in [-0.25, -0.2) is 0 Å². The number of hydrogen-bond donors (Lipinski definition) is 0. The van der Waals surface area contributed by atoms with Crippen molar-refractivity contribution in [3.8, 4) is 0 Å². The molecular weight excluding hydrogens is 248 g/mol. The number of rotatable bonds is 2. The zero-order valence-corrected chi connectivity index (χ0v) is 13.1. The molecule has 1 aromatic carbocycles. The lowest BCUT2D eigenvalue weighted by atomic mass is 9.85. The Labute approximate surface area is 122 Å². The summed E-state index contributed by atoms with van der Waals surface area (Å²) >= 11 is 0. The van der Waals surface area contributed by atoms with E-state index in [0.717, 1.165) is 26.2 Å². The Morgan fingerprint density at radius 1 is 1.10 bits per heavy atom. The van der Waals surface area contributed by atoms with Crippen LogP contribution in [-0.2, 0) is 10.2 Å². The van der Waals surface area contributed by atoms with E-state index in [9.17, 15) is 4.79 Å². The Kier molecular flexibility index (Phi) is 4.36. The summed E-state index contributed by atoms with van der Waals surface area (Å²) in [4.78, 5) is 16.1. The highest BCUT2D eigenvalue weighted by molar-refractivity contribution is 5.76. The van der Waals surface area contributed by atoms with E-state index in [4.69, 9.17) is 0 Å². The van der Waals surface area contributed by atoms with Gasteiger partial charge < -0.3 is 9.80 Å². The minimum absolute atomic E-state index is 0.146. The van der Waals surface area contributed by atoms with Gasteiger partial charge in [-0.1, -0.05) is 45.9 Å². The number of amides is 1. The second-order valence-corrected chi connectivity index (χ2v) is 6.49. The van der Waals surface area contributed by atoms with Gasteiger partial charge >= 0.3 is 0 Å². The number of carbonyl (C=O) groups is 1. The van der Waals surface area contributed by atoms with E-state index in [1.54, 1.807) is 0 Å². The summed E-state index contributed by atoms with van der Waals surface area (Å²) in [5.74, 6) is 0.272. The average Bonchev–Trinajstić information content (AvgIpc) is 2.46. The lowest BCUT2D eigenvalue weighted by Crippen LogP contribution is -2.49. The lowest BCUT2D eigenvalue weighted by molar-refractivity contribution is -0.131. The molecule has 2 rings (SSSR count). The maximum atomic E-state index is 11.7. The number of benzene rings is 1. The fourth-order valence-electron chi connectivity index (χ4n) is 2.80. The van der Waals surface area contributed by atoms with Crippen molar-refractivity contribution in [3.05, 3.63) is 29.8 Å². The average molecular weight is 274 g/mol. The van der Waals surface area contributed by atoms with Crippen molar-refractivity contribution in [1.29, 1.82) is 0 Å². The number of carbonyl (C=O) groups excluding carboxylic acids is 1. The van der Waals surface area contributed by atoms with Gasteiger partial charge in [0.2, 0.25) is 5.91 Å². The standard InChI is InChI=1S/C17H26N2O/c1-5-16(20)19-12-10-18(11-13-19)15-9-7-6-8-14(15)17(2,3)4/h6-9H,5,10-13H2,1-4H3. The SMILES string of the molecule is CCC(=O)N1CCN(c2ccccc2C(C)(C)C)CC1. The van der Waals surface area contributed by atoms with E-state index in [1.807, 2.05) is 11.8 Å². The highest BCUT2D eigenvalue weighted by atomic mass is 16.2. The van der Waals surface area contributed by atoms with Crippen LogP contribution < -0.4 is 4.90 Å². The summed E-state index contributed by atoms with van der Waals surface area (Å²) in [5.41, 5.74) is 2.85. The maximum Gasteiger partial charge on any atom is 0.222 e. The normalized spacial score (nSPS) is 16.4. The molecule has 0 aliphatic carbocycles. The molecule has 1 aliphatic heterocycles. The van der Waals surface area contributed by atoms with Crippen LogP contribution in [-0.4, -0.2) is 37.0 Å². The molecule has 0 bridgehead atoms. The van der Waals surface area contributed by atoms with Crippen LogP contribution in [0.4, 0.5) is 5.69 Å². The smallest absolute Gasteiger partial charge is 0.222 e. The van der Waals surface area contributed by atoms with Crippen molar-refractivity contribution in [3.63, 3.8) is 0 Å². The molecular formula is C17H26N2O. The quantitative estimate of drug-likeness (QED) is 0.827. The second kappa shape index (κ2) is 5.86. The minimum atomic E-state index is 0.146. The molecule has 0 N–H and O–H groups in total. The first-order valence-electron chi connectivity index (χ1n) is 7.55. The summed E-state index contributed by atoms with van der Waals surface area (Å²) in [6, 6.07) is 8.64. The molecule has 1 amide bonds. The maximum absolute atomic E-state index is 11.7. The fourth-order valence-corrected chi connectivity index (χ4v) is 2.80. The van der Waals surface area contributed by atoms with Gasteiger partial charge in [-0.15, -0.1) is 0 Å². The van der Waals surface area contributed by atoms with Crippen LogP contribution in [0.2, 0.25) is 0 Å². The third kappa shape index (κ3) is 3.14. The van der Waals surface area contributed by atoms with Gasteiger partial charge in [0.25, 0.3) is 0 Å². The monoisotopic (exact) mass is 274 g/mol. The Bertz CT molecular complexity index is 468. The number of piperazine rings is 1. The van der Waals surface area contributed by atoms with Crippen LogP contribution >= 0.6 is 0 Å². The molecule has 1 fully saturated rings. The number of anilines is 1. The fraction of sp³-hybridized carbons (Fsp3) is 0.588. The van der Waals surface area contributed by atoms with Crippen molar-refractivity contribution in [2.75, 3.05) is 31.1 Å². The Morgan fingerprint density at radius 2 is 1.70 bits per heavy atom. The van der Waals surface area contributed by atoms with Crippen LogP contribution in [0, 0.1) is 0 Å². The predicted octanol–water partition coefficient (Wildman–Crippen LogP) is 3.04. The molecule has 3 heteroatoms. The van der Waals surface area contributed by atoms with Crippen molar-refractivity contribution in [2.45, 2.75) is 39.5 Å². The van der Waals surface area contributed by atoms with Crippen molar-refractivity contribution < 1.29 is 4.79 Å². The molecule has 110 valence electrons. The van der Waals surface area contributed by atoms with Crippen molar-refractivity contribution in [2.24, 2.45) is 0 Å². The molecule has 1 aliphatic rings. The molecule has 1 heterocycles. The number of nitrogens with zero attached hydrogens (tertiary/aromatic N) is 2. The van der Waals surface area contributed by atoms with Gasteiger partial charge in [-0.2, -0.15) is 0 Å². The first-order valence-corrected chi connectivity index (χ1v) is 7.55. The molecule has 1 saturated heterocycles. The van der Waals surface area contributed by atoms with E-state index in [2.05, 4.69) is 49.9 Å². The third-order valence-corrected chi connectivity index (χ3v) is 3.99. The van der Waals surface area contributed by atoms with E-state index < -0.39 is 0 Å². The van der Waals surface area contributed by atoms with Gasteiger partial charge in [0.15, 0.2) is 0 Å². The van der Waals surface area contributed by atoms with Gasteiger partial charge in [-0.05, 0) is 17.0 Å². The van der Waals surface area contributed by atoms with Crippen LogP contribution in [0.25, 0.3) is 0 Å². The van der Waals surface area contributed by atoms with Gasteiger partial charge in [0, 0.05) is 38.3 Å². The molecule has 0 radical (unpaired) electrons. The number of hydrogen-bond acceptors (Lipinski definition) is 2. The topological polar surface area (TPSA) is 23.6 Å². The largest absolute Gasteiger partial charge is 0.368 e. The summed E-state index contributed by atoms with van der Waals surface area (Å²) in [6.07, 6.45) is 0.610. The molecule has 0 atom stereocenters. The highest BCUT2D eigenvalue weighted by Crippen LogP contribution is 2.32. The van der Waals surface area contributed by atoms with Crippen LogP contribution in [0.15, 0.2) is 24.3 Å². The Hall–Kier alpha value is -1.51. The zero-order valence-electron chi connectivity index (χ0n) is 13.1. The predicted molar refractivity (Wildman–Crippen MR) is 84.2 cm³/mol. The van der Waals surface area contributed by atoms with Crippen LogP contribution in [0.1, 0.15) is 39.7 Å².